The van der Waals surface area contributed by atoms with Crippen LogP contribution in [-0.4, -0.2) is 38.7 Å². The molecular weight excluding hydrogens is 382 g/mol. The number of halogens is 1. The van der Waals surface area contributed by atoms with E-state index in [4.69, 9.17) is 21.1 Å². The number of rotatable bonds is 4. The topological polar surface area (TPSA) is 90.6 Å². The average Bonchev–Trinajstić information content (AvgIpc) is 3.00. The number of carbonyl (C=O) groups is 1. The first kappa shape index (κ1) is 18.5. The van der Waals surface area contributed by atoms with Crippen molar-refractivity contribution >= 4 is 23.3 Å². The lowest BCUT2D eigenvalue weighted by molar-refractivity contribution is -0.120. The van der Waals surface area contributed by atoms with Crippen LogP contribution in [0.4, 0.5) is 0 Å². The highest BCUT2D eigenvalue weighted by Crippen LogP contribution is 2.37. The van der Waals surface area contributed by atoms with Crippen LogP contribution in [0.1, 0.15) is 28.9 Å². The minimum atomic E-state index is -0.115. The van der Waals surface area contributed by atoms with Crippen LogP contribution >= 0.6 is 11.6 Å². The second kappa shape index (κ2) is 7.63. The van der Waals surface area contributed by atoms with Gasteiger partial charge >= 0.3 is 0 Å². The zero-order valence-electron chi connectivity index (χ0n) is 15.7. The Morgan fingerprint density at radius 1 is 1.29 bits per heavy atom. The Kier molecular flexibility index (Phi) is 5.04. The van der Waals surface area contributed by atoms with Crippen molar-refractivity contribution in [1.29, 1.82) is 0 Å². The van der Waals surface area contributed by atoms with Gasteiger partial charge in [0.15, 0.2) is 11.5 Å². The Bertz CT molecular complexity index is 1050. The highest BCUT2D eigenvalue weighted by molar-refractivity contribution is 6.32. The van der Waals surface area contributed by atoms with Crippen LogP contribution in [0.5, 0.6) is 11.5 Å². The molecule has 1 N–H and O–H groups in total. The van der Waals surface area contributed by atoms with Gasteiger partial charge in [-0.1, -0.05) is 11.6 Å². The largest absolute Gasteiger partial charge is 0.489 e. The van der Waals surface area contributed by atoms with Crippen molar-refractivity contribution in [2.24, 2.45) is 0 Å². The molecule has 2 aromatic heterocycles. The van der Waals surface area contributed by atoms with Gasteiger partial charge in [0.05, 0.1) is 24.7 Å². The van der Waals surface area contributed by atoms with E-state index in [2.05, 4.69) is 20.4 Å². The minimum absolute atomic E-state index is 0.115. The summed E-state index contributed by atoms with van der Waals surface area (Å²) in [5.74, 6) is 1.59. The van der Waals surface area contributed by atoms with Crippen molar-refractivity contribution in [2.45, 2.75) is 33.2 Å². The quantitative estimate of drug-likeness (QED) is 0.722. The summed E-state index contributed by atoms with van der Waals surface area (Å²) < 4.78 is 13.0. The van der Waals surface area contributed by atoms with Crippen LogP contribution in [0.2, 0.25) is 5.02 Å². The SMILES string of the molecule is Cc1nc2ncnn2c(C)c1CC(=O)NCc1cc(Cl)c2c(c1)OCCCO2. The summed E-state index contributed by atoms with van der Waals surface area (Å²) in [6.07, 6.45) is 2.46. The summed E-state index contributed by atoms with van der Waals surface area (Å²) in [4.78, 5) is 21.0. The third-order valence-electron chi connectivity index (χ3n) is 4.68. The number of benzene rings is 1. The number of amides is 1. The maximum atomic E-state index is 12.5. The van der Waals surface area contributed by atoms with Gasteiger partial charge in [-0.3, -0.25) is 4.79 Å². The molecule has 1 aliphatic rings. The summed E-state index contributed by atoms with van der Waals surface area (Å²) in [6.45, 7) is 5.27. The van der Waals surface area contributed by atoms with Crippen LogP contribution in [-0.2, 0) is 17.8 Å². The second-order valence-corrected chi connectivity index (χ2v) is 7.05. The van der Waals surface area contributed by atoms with Gasteiger partial charge in [-0.05, 0) is 31.5 Å². The summed E-state index contributed by atoms with van der Waals surface area (Å²) >= 11 is 6.31. The van der Waals surface area contributed by atoms with Gasteiger partial charge in [0, 0.05) is 29.9 Å². The lowest BCUT2D eigenvalue weighted by Crippen LogP contribution is -2.26. The van der Waals surface area contributed by atoms with E-state index in [1.54, 1.807) is 10.6 Å². The molecule has 8 nitrogen and oxygen atoms in total. The van der Waals surface area contributed by atoms with Crippen molar-refractivity contribution in [2.75, 3.05) is 13.2 Å². The minimum Gasteiger partial charge on any atom is -0.489 e. The van der Waals surface area contributed by atoms with Crippen molar-refractivity contribution in [3.05, 3.63) is 46.0 Å². The van der Waals surface area contributed by atoms with Gasteiger partial charge in [-0.15, -0.1) is 0 Å². The first-order chi connectivity index (χ1) is 13.5. The fourth-order valence-corrected chi connectivity index (χ4v) is 3.51. The predicted molar refractivity (Wildman–Crippen MR) is 103 cm³/mol. The monoisotopic (exact) mass is 401 g/mol. The zero-order chi connectivity index (χ0) is 19.7. The van der Waals surface area contributed by atoms with Gasteiger partial charge in [0.1, 0.15) is 6.33 Å². The third kappa shape index (κ3) is 3.60. The number of hydrogen-bond donors (Lipinski definition) is 1. The highest BCUT2D eigenvalue weighted by atomic mass is 35.5. The van der Waals surface area contributed by atoms with Crippen molar-refractivity contribution in [3.8, 4) is 11.5 Å². The normalized spacial score (nSPS) is 13.4. The number of nitrogens with one attached hydrogen (secondary N) is 1. The number of nitrogens with zero attached hydrogens (tertiary/aromatic N) is 4. The van der Waals surface area contributed by atoms with Crippen LogP contribution in [0.25, 0.3) is 5.78 Å². The summed E-state index contributed by atoms with van der Waals surface area (Å²) in [5.41, 5.74) is 3.31. The lowest BCUT2D eigenvalue weighted by Gasteiger charge is -2.13. The number of aryl methyl sites for hydroxylation is 2. The molecule has 1 amide bonds. The molecule has 4 rings (SSSR count). The van der Waals surface area contributed by atoms with Gasteiger partial charge in [-0.2, -0.15) is 10.1 Å². The van der Waals surface area contributed by atoms with E-state index in [0.29, 0.717) is 42.1 Å². The van der Waals surface area contributed by atoms with E-state index in [1.165, 1.54) is 6.33 Å². The zero-order valence-corrected chi connectivity index (χ0v) is 16.4. The average molecular weight is 402 g/mol. The van der Waals surface area contributed by atoms with E-state index >= 15 is 0 Å². The fraction of sp³-hybridized carbons (Fsp3) is 0.368. The molecule has 0 saturated heterocycles. The second-order valence-electron chi connectivity index (χ2n) is 6.64. The number of ether oxygens (including phenoxy) is 2. The smallest absolute Gasteiger partial charge is 0.252 e. The molecule has 0 fully saturated rings. The molecule has 146 valence electrons. The molecule has 0 unspecified atom stereocenters. The summed E-state index contributed by atoms with van der Waals surface area (Å²) in [6, 6.07) is 3.64. The molecule has 0 atom stereocenters. The van der Waals surface area contributed by atoms with Crippen LogP contribution in [0.3, 0.4) is 0 Å². The Labute approximate surface area is 166 Å². The predicted octanol–water partition coefficient (Wildman–Crippen LogP) is 2.41. The van der Waals surface area contributed by atoms with Gasteiger partial charge in [-0.25, -0.2) is 9.50 Å². The Morgan fingerprint density at radius 2 is 2.11 bits per heavy atom. The molecule has 3 aromatic rings. The standard InChI is InChI=1S/C19H20ClN5O3/c1-11-14(12(2)25-19(24-11)22-10-23-25)8-17(26)21-9-13-6-15(20)18-16(7-13)27-4-3-5-28-18/h6-7,10H,3-5,8-9H2,1-2H3,(H,21,26). The molecule has 0 radical (unpaired) electrons. The molecule has 28 heavy (non-hydrogen) atoms. The highest BCUT2D eigenvalue weighted by Gasteiger charge is 2.17. The maximum Gasteiger partial charge on any atom is 0.252 e. The van der Waals surface area contributed by atoms with Gasteiger partial charge < -0.3 is 14.8 Å². The number of fused-ring (bicyclic) bond motifs is 2. The number of aromatic nitrogens is 4. The van der Waals surface area contributed by atoms with Crippen molar-refractivity contribution in [3.63, 3.8) is 0 Å². The van der Waals surface area contributed by atoms with Gasteiger partial charge in [0.2, 0.25) is 5.91 Å². The van der Waals surface area contributed by atoms with Crippen LogP contribution in [0.15, 0.2) is 18.5 Å². The van der Waals surface area contributed by atoms with E-state index in [0.717, 1.165) is 28.9 Å². The van der Waals surface area contributed by atoms with E-state index < -0.39 is 0 Å². The summed E-state index contributed by atoms with van der Waals surface area (Å²) in [7, 11) is 0. The van der Waals surface area contributed by atoms with E-state index in [1.807, 2.05) is 19.9 Å². The first-order valence-electron chi connectivity index (χ1n) is 9.03. The molecule has 0 spiro atoms. The Morgan fingerprint density at radius 3 is 2.96 bits per heavy atom. The van der Waals surface area contributed by atoms with Crippen molar-refractivity contribution < 1.29 is 14.3 Å². The van der Waals surface area contributed by atoms with E-state index in [9.17, 15) is 4.79 Å². The molecule has 1 aliphatic heterocycles. The maximum absolute atomic E-state index is 12.5. The number of hydrogen-bond acceptors (Lipinski definition) is 6. The fourth-order valence-electron chi connectivity index (χ4n) is 3.22. The Balaban J connectivity index is 1.47. The number of carbonyl (C=O) groups excluding carboxylic acids is 1. The molecule has 3 heterocycles. The summed E-state index contributed by atoms with van der Waals surface area (Å²) in [5, 5.41) is 7.56. The first-order valence-corrected chi connectivity index (χ1v) is 9.41. The molecule has 1 aromatic carbocycles. The van der Waals surface area contributed by atoms with Crippen LogP contribution < -0.4 is 14.8 Å². The van der Waals surface area contributed by atoms with Crippen molar-refractivity contribution in [1.82, 2.24) is 24.9 Å². The van der Waals surface area contributed by atoms with E-state index in [-0.39, 0.29) is 12.3 Å². The molecule has 0 saturated carbocycles. The lowest BCUT2D eigenvalue weighted by atomic mass is 10.1. The Hall–Kier alpha value is -2.87. The molecule has 9 heteroatoms. The van der Waals surface area contributed by atoms with Gasteiger partial charge in [0.25, 0.3) is 5.78 Å². The molecule has 0 bridgehead atoms. The third-order valence-corrected chi connectivity index (χ3v) is 4.96. The van der Waals surface area contributed by atoms with Crippen LogP contribution in [0, 0.1) is 13.8 Å². The molecule has 0 aliphatic carbocycles. The molecular formula is C19H20ClN5O3.